The molecule has 0 bridgehead atoms. The molecule has 0 amide bonds. The molecule has 2 N–H and O–H groups in total. The van der Waals surface area contributed by atoms with Crippen LogP contribution in [-0.2, 0) is 6.42 Å². The maximum absolute atomic E-state index is 5.74. The number of pyridine rings is 1. The minimum Gasteiger partial charge on any atom is -0.383 e. The van der Waals surface area contributed by atoms with Gasteiger partial charge in [0, 0.05) is 12.1 Å². The largest absolute Gasteiger partial charge is 0.383 e. The molecule has 0 saturated heterocycles. The van der Waals surface area contributed by atoms with Gasteiger partial charge in [-0.2, -0.15) is 0 Å². The number of anilines is 1. The fourth-order valence-electron chi connectivity index (χ4n) is 1.23. The maximum Gasteiger partial charge on any atom is 0.126 e. The van der Waals surface area contributed by atoms with Crippen molar-refractivity contribution in [2.75, 3.05) is 11.6 Å². The van der Waals surface area contributed by atoms with Gasteiger partial charge in [0.15, 0.2) is 0 Å². The molecule has 1 rings (SSSR count). The highest BCUT2D eigenvalue weighted by Gasteiger charge is 2.06. The van der Waals surface area contributed by atoms with Crippen molar-refractivity contribution in [2.45, 2.75) is 20.3 Å². The fraction of sp³-hybridized carbons (Fsp3) is 0.500. The van der Waals surface area contributed by atoms with Crippen LogP contribution in [0.15, 0.2) is 12.3 Å². The van der Waals surface area contributed by atoms with Gasteiger partial charge in [0.2, 0.25) is 0 Å². The Balaban J connectivity index is 2.81. The van der Waals surface area contributed by atoms with E-state index in [1.807, 2.05) is 6.92 Å². The molecule has 0 aliphatic carbocycles. The Labute approximate surface area is 84.1 Å². The summed E-state index contributed by atoms with van der Waals surface area (Å²) < 4.78 is 0. The first kappa shape index (κ1) is 10.3. The van der Waals surface area contributed by atoms with Crippen LogP contribution in [0.25, 0.3) is 0 Å². The van der Waals surface area contributed by atoms with E-state index < -0.39 is 0 Å². The molecular formula is C10H15ClN2. The third kappa shape index (κ3) is 2.88. The summed E-state index contributed by atoms with van der Waals surface area (Å²) in [6, 6.07) is 2.07. The van der Waals surface area contributed by atoms with Gasteiger partial charge in [0.1, 0.15) is 5.82 Å². The van der Waals surface area contributed by atoms with E-state index in [9.17, 15) is 0 Å². The van der Waals surface area contributed by atoms with Gasteiger partial charge in [-0.3, -0.25) is 0 Å². The Kier molecular flexibility index (Phi) is 3.55. The van der Waals surface area contributed by atoms with Crippen LogP contribution in [0.1, 0.15) is 18.1 Å². The van der Waals surface area contributed by atoms with Crippen LogP contribution in [0, 0.1) is 12.8 Å². The van der Waals surface area contributed by atoms with Gasteiger partial charge in [-0.05, 0) is 30.4 Å². The van der Waals surface area contributed by atoms with Gasteiger partial charge in [-0.15, -0.1) is 11.6 Å². The number of aryl methyl sites for hydroxylation is 1. The molecule has 1 aromatic heterocycles. The third-order valence-corrected chi connectivity index (χ3v) is 2.50. The predicted molar refractivity (Wildman–Crippen MR) is 57.0 cm³/mol. The highest BCUT2D eigenvalue weighted by Crippen LogP contribution is 2.15. The van der Waals surface area contributed by atoms with E-state index in [0.717, 1.165) is 17.5 Å². The van der Waals surface area contributed by atoms with E-state index in [0.29, 0.717) is 17.6 Å². The van der Waals surface area contributed by atoms with E-state index in [4.69, 9.17) is 17.3 Å². The van der Waals surface area contributed by atoms with Crippen molar-refractivity contribution in [3.05, 3.63) is 23.4 Å². The minimum atomic E-state index is 0.451. The van der Waals surface area contributed by atoms with Crippen molar-refractivity contribution in [2.24, 2.45) is 5.92 Å². The van der Waals surface area contributed by atoms with Crippen LogP contribution in [0.4, 0.5) is 5.82 Å². The number of rotatable bonds is 3. The lowest BCUT2D eigenvalue weighted by atomic mass is 10.0. The minimum absolute atomic E-state index is 0.451. The molecule has 72 valence electrons. The first-order chi connectivity index (χ1) is 6.13. The molecule has 2 nitrogen and oxygen atoms in total. The van der Waals surface area contributed by atoms with Gasteiger partial charge >= 0.3 is 0 Å². The molecule has 0 radical (unpaired) electrons. The summed E-state index contributed by atoms with van der Waals surface area (Å²) in [5.41, 5.74) is 7.99. The van der Waals surface area contributed by atoms with Gasteiger partial charge in [0.05, 0.1) is 0 Å². The average molecular weight is 199 g/mol. The Morgan fingerprint density at radius 1 is 1.62 bits per heavy atom. The van der Waals surface area contributed by atoms with Crippen LogP contribution in [0.2, 0.25) is 0 Å². The Morgan fingerprint density at radius 3 is 2.92 bits per heavy atom. The summed E-state index contributed by atoms with van der Waals surface area (Å²) in [6.07, 6.45) is 2.69. The molecule has 3 heteroatoms. The molecule has 0 spiro atoms. The van der Waals surface area contributed by atoms with Gasteiger partial charge in [-0.25, -0.2) is 4.98 Å². The lowest BCUT2D eigenvalue weighted by Gasteiger charge is -2.09. The molecule has 13 heavy (non-hydrogen) atoms. The van der Waals surface area contributed by atoms with Crippen molar-refractivity contribution in [1.82, 2.24) is 4.98 Å². The summed E-state index contributed by atoms with van der Waals surface area (Å²) in [4.78, 5) is 4.10. The van der Waals surface area contributed by atoms with E-state index in [-0.39, 0.29) is 0 Å². The quantitative estimate of drug-likeness (QED) is 0.758. The molecule has 0 saturated carbocycles. The monoisotopic (exact) mass is 198 g/mol. The summed E-state index contributed by atoms with van der Waals surface area (Å²) >= 11 is 5.73. The zero-order chi connectivity index (χ0) is 9.84. The summed E-state index contributed by atoms with van der Waals surface area (Å²) in [6.45, 7) is 4.12. The van der Waals surface area contributed by atoms with Crippen molar-refractivity contribution in [3.8, 4) is 0 Å². The number of aromatic nitrogens is 1. The first-order valence-electron chi connectivity index (χ1n) is 4.40. The predicted octanol–water partition coefficient (Wildman–Crippen LogP) is 2.39. The lowest BCUT2D eigenvalue weighted by molar-refractivity contribution is 0.654. The number of halogens is 1. The lowest BCUT2D eigenvalue weighted by Crippen LogP contribution is -2.05. The van der Waals surface area contributed by atoms with Crippen LogP contribution in [-0.4, -0.2) is 10.9 Å². The van der Waals surface area contributed by atoms with Crippen molar-refractivity contribution in [1.29, 1.82) is 0 Å². The first-order valence-corrected chi connectivity index (χ1v) is 4.94. The average Bonchev–Trinajstić information content (AvgIpc) is 2.11. The number of alkyl halides is 1. The standard InChI is InChI=1S/C10H15ClN2/c1-7(5-11)3-9-4-8(2)6-13-10(9)12/h4,6-7H,3,5H2,1-2H3,(H2,12,13). The number of nitrogens with zero attached hydrogens (tertiary/aromatic N) is 1. The number of hydrogen-bond donors (Lipinski definition) is 1. The second-order valence-corrected chi connectivity index (χ2v) is 3.83. The van der Waals surface area contributed by atoms with Gasteiger partial charge in [0.25, 0.3) is 0 Å². The van der Waals surface area contributed by atoms with Gasteiger partial charge in [-0.1, -0.05) is 13.0 Å². The SMILES string of the molecule is Cc1cnc(N)c(CC(C)CCl)c1. The highest BCUT2D eigenvalue weighted by molar-refractivity contribution is 6.18. The van der Waals surface area contributed by atoms with Gasteiger partial charge < -0.3 is 5.73 Å². The second kappa shape index (κ2) is 4.47. The Bertz CT molecular complexity index is 286. The number of nitrogens with two attached hydrogens (primary N) is 1. The van der Waals surface area contributed by atoms with Crippen LogP contribution in [0.5, 0.6) is 0 Å². The van der Waals surface area contributed by atoms with Crippen molar-refractivity contribution >= 4 is 17.4 Å². The molecule has 1 heterocycles. The summed E-state index contributed by atoms with van der Waals surface area (Å²) in [7, 11) is 0. The normalized spacial score (nSPS) is 12.8. The van der Waals surface area contributed by atoms with Crippen molar-refractivity contribution < 1.29 is 0 Å². The molecule has 0 aliphatic heterocycles. The van der Waals surface area contributed by atoms with Crippen molar-refractivity contribution in [3.63, 3.8) is 0 Å². The molecule has 1 atom stereocenters. The molecule has 0 aromatic carbocycles. The molecule has 1 unspecified atom stereocenters. The molecule has 0 fully saturated rings. The van der Waals surface area contributed by atoms with E-state index in [2.05, 4.69) is 18.0 Å². The van der Waals surface area contributed by atoms with E-state index >= 15 is 0 Å². The Hall–Kier alpha value is -0.760. The maximum atomic E-state index is 5.74. The molecular weight excluding hydrogens is 184 g/mol. The zero-order valence-corrected chi connectivity index (χ0v) is 8.80. The number of nitrogen functional groups attached to an aromatic ring is 1. The number of hydrogen-bond acceptors (Lipinski definition) is 2. The van der Waals surface area contributed by atoms with Crippen LogP contribution >= 0.6 is 11.6 Å². The smallest absolute Gasteiger partial charge is 0.126 e. The second-order valence-electron chi connectivity index (χ2n) is 3.52. The Morgan fingerprint density at radius 2 is 2.31 bits per heavy atom. The fourth-order valence-corrected chi connectivity index (χ4v) is 1.34. The third-order valence-electron chi connectivity index (χ3n) is 1.97. The molecule has 1 aromatic rings. The van der Waals surface area contributed by atoms with E-state index in [1.165, 1.54) is 0 Å². The molecule has 0 aliphatic rings. The summed E-state index contributed by atoms with van der Waals surface area (Å²) in [5.74, 6) is 1.74. The summed E-state index contributed by atoms with van der Waals surface area (Å²) in [5, 5.41) is 0. The van der Waals surface area contributed by atoms with Crippen LogP contribution < -0.4 is 5.73 Å². The van der Waals surface area contributed by atoms with E-state index in [1.54, 1.807) is 6.20 Å². The topological polar surface area (TPSA) is 38.9 Å². The van der Waals surface area contributed by atoms with Crippen LogP contribution in [0.3, 0.4) is 0 Å². The highest BCUT2D eigenvalue weighted by atomic mass is 35.5. The zero-order valence-electron chi connectivity index (χ0n) is 8.05.